The fourth-order valence-corrected chi connectivity index (χ4v) is 3.05. The molecule has 1 aromatic rings. The van der Waals surface area contributed by atoms with Crippen LogP contribution in [0.4, 0.5) is 5.69 Å². The summed E-state index contributed by atoms with van der Waals surface area (Å²) >= 11 is 0. The smallest absolute Gasteiger partial charge is 0.243 e. The van der Waals surface area contributed by atoms with Gasteiger partial charge in [0, 0.05) is 39.3 Å². The summed E-state index contributed by atoms with van der Waals surface area (Å²) in [5.41, 5.74) is 2.01. The van der Waals surface area contributed by atoms with E-state index in [2.05, 4.69) is 30.1 Å². The topological polar surface area (TPSA) is 52.7 Å². The molecule has 2 amide bonds. The molecule has 2 atom stereocenters. The predicted molar refractivity (Wildman–Crippen MR) is 96.9 cm³/mol. The maximum atomic E-state index is 12.0. The van der Waals surface area contributed by atoms with Gasteiger partial charge in [-0.2, -0.15) is 0 Å². The first-order valence-corrected chi connectivity index (χ1v) is 8.68. The van der Waals surface area contributed by atoms with Crippen molar-refractivity contribution in [1.82, 2.24) is 9.80 Å². The number of hydrogen-bond acceptors (Lipinski definition) is 3. The minimum Gasteiger partial charge on any atom is -0.337 e. The van der Waals surface area contributed by atoms with Crippen LogP contribution < -0.4 is 5.32 Å². The zero-order chi connectivity index (χ0) is 17.7. The van der Waals surface area contributed by atoms with Gasteiger partial charge in [0.2, 0.25) is 11.8 Å². The minimum absolute atomic E-state index is 0.0725. The molecule has 0 radical (unpaired) electrons. The summed E-state index contributed by atoms with van der Waals surface area (Å²) in [6.07, 6.45) is 0.983. The lowest BCUT2D eigenvalue weighted by molar-refractivity contribution is -0.131. The van der Waals surface area contributed by atoms with Gasteiger partial charge in [0.1, 0.15) is 0 Å². The van der Waals surface area contributed by atoms with E-state index in [1.165, 1.54) is 30.5 Å². The number of amides is 2. The first-order chi connectivity index (χ1) is 11.3. The normalized spacial score (nSPS) is 20.8. The van der Waals surface area contributed by atoms with Gasteiger partial charge in [-0.1, -0.05) is 26.0 Å². The van der Waals surface area contributed by atoms with Gasteiger partial charge in [-0.15, -0.1) is 0 Å². The van der Waals surface area contributed by atoms with E-state index < -0.39 is 0 Å². The third-order valence-corrected chi connectivity index (χ3v) is 4.91. The average Bonchev–Trinajstić information content (AvgIpc) is 2.84. The van der Waals surface area contributed by atoms with Gasteiger partial charge in [-0.3, -0.25) is 9.59 Å². The van der Waals surface area contributed by atoms with E-state index in [1.54, 1.807) is 7.05 Å². The first kappa shape index (κ1) is 18.5. The molecule has 5 heteroatoms. The molecule has 1 aliphatic heterocycles. The van der Waals surface area contributed by atoms with Crippen LogP contribution >= 0.6 is 0 Å². The van der Waals surface area contributed by atoms with Crippen LogP contribution in [0.25, 0.3) is 0 Å². The van der Waals surface area contributed by atoms with E-state index in [-0.39, 0.29) is 18.4 Å². The number of rotatable bonds is 6. The Hall–Kier alpha value is -1.88. The lowest BCUT2D eigenvalue weighted by atomic mass is 10.0. The minimum atomic E-state index is -0.174. The lowest BCUT2D eigenvalue weighted by Gasteiger charge is -2.16. The number of carbonyl (C=O) groups is 2. The number of likely N-dealkylation sites (tertiary alicyclic amines) is 1. The Labute approximate surface area is 145 Å². The molecule has 24 heavy (non-hydrogen) atoms. The molecule has 1 aliphatic rings. The van der Waals surface area contributed by atoms with Crippen molar-refractivity contribution in [3.63, 3.8) is 0 Å². The zero-order valence-electron chi connectivity index (χ0n) is 15.2. The molecule has 132 valence electrons. The molecule has 1 fully saturated rings. The highest BCUT2D eigenvalue weighted by Gasteiger charge is 2.25. The molecule has 0 unspecified atom stereocenters. The van der Waals surface area contributed by atoms with Gasteiger partial charge in [0.05, 0.1) is 6.54 Å². The van der Waals surface area contributed by atoms with Gasteiger partial charge >= 0.3 is 0 Å². The predicted octanol–water partition coefficient (Wildman–Crippen LogP) is 2.23. The number of anilines is 1. The molecular formula is C19H29N3O2. The van der Waals surface area contributed by atoms with Crippen LogP contribution in [-0.4, -0.2) is 54.8 Å². The summed E-state index contributed by atoms with van der Waals surface area (Å²) in [4.78, 5) is 27.1. The zero-order valence-corrected chi connectivity index (χ0v) is 15.2. The second-order valence-electron chi connectivity index (χ2n) is 7.09. The highest BCUT2D eigenvalue weighted by molar-refractivity contribution is 5.94. The number of carbonyl (C=O) groups excluding carboxylic acids is 2. The van der Waals surface area contributed by atoms with Gasteiger partial charge < -0.3 is 15.1 Å². The maximum Gasteiger partial charge on any atom is 0.243 e. The molecule has 0 spiro atoms. The van der Waals surface area contributed by atoms with Crippen LogP contribution in [0.15, 0.2) is 24.3 Å². The largest absolute Gasteiger partial charge is 0.337 e. The number of benzene rings is 1. The van der Waals surface area contributed by atoms with Crippen molar-refractivity contribution in [2.75, 3.05) is 38.5 Å². The Bertz CT molecular complexity index is 578. The Morgan fingerprint density at radius 3 is 2.54 bits per heavy atom. The highest BCUT2D eigenvalue weighted by Crippen LogP contribution is 2.22. The van der Waals surface area contributed by atoms with Crippen molar-refractivity contribution >= 4 is 17.5 Å². The average molecular weight is 331 g/mol. The standard InChI is InChI=1S/C19H29N3O2/c1-14-11-22(12-15(14)2)9-8-17-6-5-7-18(10-17)20-19(24)13-21(4)16(3)23/h5-7,10,14-15H,8-9,11-13H2,1-4H3,(H,20,24)/t14-,15-/m1/s1. The number of hydrogen-bond donors (Lipinski definition) is 1. The summed E-state index contributed by atoms with van der Waals surface area (Å²) in [6.45, 7) is 9.57. The summed E-state index contributed by atoms with van der Waals surface area (Å²) in [6, 6.07) is 7.97. The fourth-order valence-electron chi connectivity index (χ4n) is 3.05. The van der Waals surface area contributed by atoms with Crippen molar-refractivity contribution in [2.45, 2.75) is 27.2 Å². The van der Waals surface area contributed by atoms with Crippen LogP contribution in [0.5, 0.6) is 0 Å². The maximum absolute atomic E-state index is 12.0. The van der Waals surface area contributed by atoms with Crippen molar-refractivity contribution in [2.24, 2.45) is 11.8 Å². The third-order valence-electron chi connectivity index (χ3n) is 4.91. The van der Waals surface area contributed by atoms with E-state index in [0.717, 1.165) is 30.5 Å². The molecule has 1 saturated heterocycles. The van der Waals surface area contributed by atoms with E-state index in [4.69, 9.17) is 0 Å². The molecular weight excluding hydrogens is 302 g/mol. The van der Waals surface area contributed by atoms with Gasteiger partial charge in [-0.05, 0) is 36.0 Å². The number of likely N-dealkylation sites (N-methyl/N-ethyl adjacent to an activating group) is 1. The second-order valence-corrected chi connectivity index (χ2v) is 7.09. The Morgan fingerprint density at radius 1 is 1.25 bits per heavy atom. The molecule has 0 aliphatic carbocycles. The molecule has 0 bridgehead atoms. The molecule has 0 saturated carbocycles. The van der Waals surface area contributed by atoms with Gasteiger partial charge in [-0.25, -0.2) is 0 Å². The van der Waals surface area contributed by atoms with Crippen LogP contribution in [0.2, 0.25) is 0 Å². The highest BCUT2D eigenvalue weighted by atomic mass is 16.2. The third kappa shape index (κ3) is 5.34. The Morgan fingerprint density at radius 2 is 1.92 bits per heavy atom. The van der Waals surface area contributed by atoms with Crippen LogP contribution in [-0.2, 0) is 16.0 Å². The van der Waals surface area contributed by atoms with Crippen LogP contribution in [0.3, 0.4) is 0 Å². The van der Waals surface area contributed by atoms with E-state index in [0.29, 0.717) is 0 Å². The summed E-state index contributed by atoms with van der Waals surface area (Å²) in [5.74, 6) is 1.25. The van der Waals surface area contributed by atoms with E-state index in [9.17, 15) is 9.59 Å². The first-order valence-electron chi connectivity index (χ1n) is 8.68. The quantitative estimate of drug-likeness (QED) is 0.870. The molecule has 5 nitrogen and oxygen atoms in total. The molecule has 1 aromatic carbocycles. The summed E-state index contributed by atoms with van der Waals surface area (Å²) in [5, 5.41) is 2.86. The van der Waals surface area contributed by atoms with Crippen molar-refractivity contribution in [1.29, 1.82) is 0 Å². The van der Waals surface area contributed by atoms with E-state index >= 15 is 0 Å². The lowest BCUT2D eigenvalue weighted by Crippen LogP contribution is -2.33. The van der Waals surface area contributed by atoms with Crippen LogP contribution in [0, 0.1) is 11.8 Å². The summed E-state index contributed by atoms with van der Waals surface area (Å²) in [7, 11) is 1.62. The van der Waals surface area contributed by atoms with Crippen molar-refractivity contribution in [3.8, 4) is 0 Å². The molecule has 2 rings (SSSR count). The molecule has 1 N–H and O–H groups in total. The number of nitrogens with zero attached hydrogens (tertiary/aromatic N) is 2. The fraction of sp³-hybridized carbons (Fsp3) is 0.579. The van der Waals surface area contributed by atoms with Crippen molar-refractivity contribution in [3.05, 3.63) is 29.8 Å². The molecule has 1 heterocycles. The van der Waals surface area contributed by atoms with Gasteiger partial charge in [0.15, 0.2) is 0 Å². The number of nitrogens with one attached hydrogen (secondary N) is 1. The Balaban J connectivity index is 1.85. The van der Waals surface area contributed by atoms with Crippen molar-refractivity contribution < 1.29 is 9.59 Å². The van der Waals surface area contributed by atoms with Crippen LogP contribution in [0.1, 0.15) is 26.3 Å². The van der Waals surface area contributed by atoms with Gasteiger partial charge in [0.25, 0.3) is 0 Å². The second kappa shape index (κ2) is 8.29. The SMILES string of the molecule is CC(=O)N(C)CC(=O)Nc1cccc(CCN2C[C@@H](C)[C@H](C)C2)c1. The summed E-state index contributed by atoms with van der Waals surface area (Å²) < 4.78 is 0. The van der Waals surface area contributed by atoms with E-state index in [1.807, 2.05) is 18.2 Å². The monoisotopic (exact) mass is 331 g/mol. The Kier molecular flexibility index (Phi) is 6.37. The molecule has 0 aromatic heterocycles.